The Balaban J connectivity index is 2.21. The van der Waals surface area contributed by atoms with Gasteiger partial charge in [0.1, 0.15) is 0 Å². The predicted molar refractivity (Wildman–Crippen MR) is 52.9 cm³/mol. The summed E-state index contributed by atoms with van der Waals surface area (Å²) in [5, 5.41) is 0. The average Bonchev–Trinajstić information content (AvgIpc) is 2.37. The summed E-state index contributed by atoms with van der Waals surface area (Å²) in [4.78, 5) is 2.27. The lowest BCUT2D eigenvalue weighted by atomic mass is 10.1. The molecule has 0 aromatic carbocycles. The van der Waals surface area contributed by atoms with Crippen molar-refractivity contribution in [2.75, 3.05) is 20.1 Å². The lowest BCUT2D eigenvalue weighted by Gasteiger charge is -2.20. The van der Waals surface area contributed by atoms with E-state index in [1.807, 2.05) is 6.92 Å². The molecule has 0 heterocycles. The predicted octanol–water partition coefficient (Wildman–Crippen LogP) is 1.01. The van der Waals surface area contributed by atoms with Gasteiger partial charge in [-0.05, 0) is 14.0 Å². The molecule has 0 spiro atoms. The summed E-state index contributed by atoms with van der Waals surface area (Å²) >= 11 is 0. The van der Waals surface area contributed by atoms with Crippen molar-refractivity contribution in [1.82, 2.24) is 4.90 Å². The Kier molecular flexibility index (Phi) is 3.50. The fraction of sp³-hybridized carbons (Fsp3) is 0.600. The summed E-state index contributed by atoms with van der Waals surface area (Å²) in [6, 6.07) is 0.268. The largest absolute Gasteiger partial charge is 0.327 e. The van der Waals surface area contributed by atoms with Crippen molar-refractivity contribution in [3.8, 4) is 0 Å². The number of hydrogen-bond donors (Lipinski definition) is 1. The van der Waals surface area contributed by atoms with Crippen LogP contribution in [0.2, 0.25) is 0 Å². The highest BCUT2D eigenvalue weighted by Gasteiger charge is 2.08. The Bertz CT molecular complexity index is 170. The van der Waals surface area contributed by atoms with Crippen molar-refractivity contribution in [2.24, 2.45) is 11.7 Å². The zero-order valence-electron chi connectivity index (χ0n) is 7.90. The van der Waals surface area contributed by atoms with Crippen LogP contribution in [-0.4, -0.2) is 31.1 Å². The summed E-state index contributed by atoms with van der Waals surface area (Å²) < 4.78 is 0. The molecular formula is C10H18N2. The summed E-state index contributed by atoms with van der Waals surface area (Å²) in [5.74, 6) is 0.591. The van der Waals surface area contributed by atoms with Crippen LogP contribution in [-0.2, 0) is 0 Å². The van der Waals surface area contributed by atoms with Gasteiger partial charge in [-0.25, -0.2) is 0 Å². The molecule has 0 fully saturated rings. The summed E-state index contributed by atoms with van der Waals surface area (Å²) in [6.07, 6.45) is 8.64. The van der Waals surface area contributed by atoms with Crippen LogP contribution in [0.25, 0.3) is 0 Å². The number of nitrogens with zero attached hydrogens (tertiary/aromatic N) is 1. The first-order valence-corrected chi connectivity index (χ1v) is 4.47. The van der Waals surface area contributed by atoms with Crippen molar-refractivity contribution in [3.05, 3.63) is 24.3 Å². The zero-order chi connectivity index (χ0) is 8.97. The molecule has 0 radical (unpaired) electrons. The van der Waals surface area contributed by atoms with Gasteiger partial charge < -0.3 is 10.6 Å². The lowest BCUT2D eigenvalue weighted by Crippen LogP contribution is -2.35. The van der Waals surface area contributed by atoms with E-state index in [1.54, 1.807) is 0 Å². The number of hydrogen-bond acceptors (Lipinski definition) is 2. The van der Waals surface area contributed by atoms with E-state index in [2.05, 4.69) is 36.3 Å². The van der Waals surface area contributed by atoms with Crippen LogP contribution >= 0.6 is 0 Å². The molecule has 1 atom stereocenters. The minimum Gasteiger partial charge on any atom is -0.327 e. The van der Waals surface area contributed by atoms with Gasteiger partial charge in [0.15, 0.2) is 0 Å². The van der Waals surface area contributed by atoms with Crippen LogP contribution in [0, 0.1) is 5.92 Å². The van der Waals surface area contributed by atoms with E-state index in [0.29, 0.717) is 5.92 Å². The maximum Gasteiger partial charge on any atom is 0.0139 e. The van der Waals surface area contributed by atoms with Crippen molar-refractivity contribution in [2.45, 2.75) is 13.0 Å². The van der Waals surface area contributed by atoms with Gasteiger partial charge in [0.25, 0.3) is 0 Å². The highest BCUT2D eigenvalue weighted by molar-refractivity contribution is 5.17. The van der Waals surface area contributed by atoms with Gasteiger partial charge in [0, 0.05) is 25.0 Å². The van der Waals surface area contributed by atoms with Crippen LogP contribution in [0.4, 0.5) is 0 Å². The van der Waals surface area contributed by atoms with Crippen molar-refractivity contribution < 1.29 is 0 Å². The average molecular weight is 166 g/mol. The van der Waals surface area contributed by atoms with Crippen molar-refractivity contribution in [3.63, 3.8) is 0 Å². The van der Waals surface area contributed by atoms with Crippen molar-refractivity contribution >= 4 is 0 Å². The van der Waals surface area contributed by atoms with Crippen LogP contribution < -0.4 is 5.73 Å². The number of likely N-dealkylation sites (N-methyl/N-ethyl adjacent to an activating group) is 1. The van der Waals surface area contributed by atoms with Gasteiger partial charge in [-0.2, -0.15) is 0 Å². The molecule has 0 aliphatic heterocycles. The zero-order valence-corrected chi connectivity index (χ0v) is 7.90. The first-order valence-electron chi connectivity index (χ1n) is 4.47. The molecule has 0 aromatic heterocycles. The Morgan fingerprint density at radius 3 is 2.50 bits per heavy atom. The molecule has 0 aromatic rings. The van der Waals surface area contributed by atoms with Gasteiger partial charge in [-0.3, -0.25) is 0 Å². The molecule has 1 unspecified atom stereocenters. The van der Waals surface area contributed by atoms with E-state index in [0.717, 1.165) is 13.1 Å². The second-order valence-corrected chi connectivity index (χ2v) is 3.63. The summed E-state index contributed by atoms with van der Waals surface area (Å²) in [7, 11) is 2.11. The van der Waals surface area contributed by atoms with Crippen LogP contribution in [0.3, 0.4) is 0 Å². The first-order chi connectivity index (χ1) is 5.68. The summed E-state index contributed by atoms with van der Waals surface area (Å²) in [6.45, 7) is 4.09. The Hall–Kier alpha value is -0.600. The third-order valence-corrected chi connectivity index (χ3v) is 1.95. The molecule has 1 aliphatic rings. The van der Waals surface area contributed by atoms with Gasteiger partial charge in [-0.15, -0.1) is 0 Å². The number of allylic oxidation sites excluding steroid dienone is 2. The molecule has 0 amide bonds. The monoisotopic (exact) mass is 166 g/mol. The Labute approximate surface area is 74.7 Å². The normalized spacial score (nSPS) is 19.3. The summed E-state index contributed by atoms with van der Waals surface area (Å²) in [5.41, 5.74) is 5.69. The molecule has 0 bridgehead atoms. The van der Waals surface area contributed by atoms with Gasteiger partial charge >= 0.3 is 0 Å². The molecule has 0 saturated carbocycles. The maximum atomic E-state index is 5.69. The minimum atomic E-state index is 0.268. The number of rotatable bonds is 4. The quantitative estimate of drug-likeness (QED) is 0.675. The topological polar surface area (TPSA) is 29.3 Å². The maximum absolute atomic E-state index is 5.69. The standard InChI is InChI=1S/C10H18N2/c1-9(11)7-12(2)8-10-5-3-4-6-10/h3-6,9-10H,7-8,11H2,1-2H3. The van der Waals surface area contributed by atoms with Gasteiger partial charge in [0.2, 0.25) is 0 Å². The van der Waals surface area contributed by atoms with E-state index >= 15 is 0 Å². The van der Waals surface area contributed by atoms with E-state index in [4.69, 9.17) is 5.73 Å². The first kappa shape index (κ1) is 9.49. The van der Waals surface area contributed by atoms with Crippen LogP contribution in [0.5, 0.6) is 0 Å². The molecule has 0 saturated heterocycles. The molecular weight excluding hydrogens is 148 g/mol. The molecule has 2 heteroatoms. The lowest BCUT2D eigenvalue weighted by molar-refractivity contribution is 0.303. The highest BCUT2D eigenvalue weighted by atomic mass is 15.1. The molecule has 1 rings (SSSR count). The fourth-order valence-electron chi connectivity index (χ4n) is 1.53. The second-order valence-electron chi connectivity index (χ2n) is 3.63. The molecule has 12 heavy (non-hydrogen) atoms. The molecule has 68 valence electrons. The third kappa shape index (κ3) is 3.20. The SMILES string of the molecule is CC(N)CN(C)CC1C=CC=C1. The molecule has 2 N–H and O–H groups in total. The smallest absolute Gasteiger partial charge is 0.0139 e. The third-order valence-electron chi connectivity index (χ3n) is 1.95. The van der Waals surface area contributed by atoms with E-state index in [9.17, 15) is 0 Å². The fourth-order valence-corrected chi connectivity index (χ4v) is 1.53. The van der Waals surface area contributed by atoms with Gasteiger partial charge in [-0.1, -0.05) is 24.3 Å². The van der Waals surface area contributed by atoms with Crippen molar-refractivity contribution in [1.29, 1.82) is 0 Å². The Morgan fingerprint density at radius 2 is 2.00 bits per heavy atom. The van der Waals surface area contributed by atoms with E-state index < -0.39 is 0 Å². The minimum absolute atomic E-state index is 0.268. The van der Waals surface area contributed by atoms with Crippen LogP contribution in [0.15, 0.2) is 24.3 Å². The van der Waals surface area contributed by atoms with Crippen LogP contribution in [0.1, 0.15) is 6.92 Å². The molecule has 1 aliphatic carbocycles. The highest BCUT2D eigenvalue weighted by Crippen LogP contribution is 2.09. The van der Waals surface area contributed by atoms with E-state index in [1.165, 1.54) is 0 Å². The second kappa shape index (κ2) is 4.43. The van der Waals surface area contributed by atoms with Gasteiger partial charge in [0.05, 0.1) is 0 Å². The number of nitrogens with two attached hydrogens (primary N) is 1. The Morgan fingerprint density at radius 1 is 1.42 bits per heavy atom. The molecule has 2 nitrogen and oxygen atoms in total. The van der Waals surface area contributed by atoms with E-state index in [-0.39, 0.29) is 6.04 Å².